The molecule has 0 saturated carbocycles. The highest BCUT2D eigenvalue weighted by molar-refractivity contribution is 5.90. The fourth-order valence-electron chi connectivity index (χ4n) is 3.56. The number of hydrogen-bond donors (Lipinski definition) is 2. The van der Waals surface area contributed by atoms with Gasteiger partial charge in [-0.3, -0.25) is 0 Å². The Morgan fingerprint density at radius 3 is 1.37 bits per heavy atom. The van der Waals surface area contributed by atoms with E-state index >= 15 is 0 Å². The Morgan fingerprint density at radius 1 is 0.667 bits per heavy atom. The molecule has 0 spiro atoms. The van der Waals surface area contributed by atoms with Crippen molar-refractivity contribution in [2.75, 3.05) is 14.2 Å². The van der Waals surface area contributed by atoms with Gasteiger partial charge in [0.15, 0.2) is 0 Å². The summed E-state index contributed by atoms with van der Waals surface area (Å²) in [6.07, 6.45) is 7.45. The molecule has 0 saturated heterocycles. The average molecular weight is 414 g/mol. The first-order valence-corrected chi connectivity index (χ1v) is 10.3. The summed E-state index contributed by atoms with van der Waals surface area (Å²) >= 11 is 0. The lowest BCUT2D eigenvalue weighted by atomic mass is 9.98. The number of carboxylic acids is 2. The third kappa shape index (κ3) is 6.79. The number of aryl methyl sites for hydroxylation is 2. The van der Waals surface area contributed by atoms with Crippen LogP contribution in [0.1, 0.15) is 70.4 Å². The van der Waals surface area contributed by atoms with E-state index in [9.17, 15) is 19.8 Å². The van der Waals surface area contributed by atoms with Gasteiger partial charge in [0.1, 0.15) is 11.5 Å². The zero-order chi connectivity index (χ0) is 21.9. The first-order valence-electron chi connectivity index (χ1n) is 10.3. The monoisotopic (exact) mass is 414 g/mol. The van der Waals surface area contributed by atoms with Crippen molar-refractivity contribution in [1.29, 1.82) is 0 Å². The second kappa shape index (κ2) is 11.9. The molecule has 0 aromatic heterocycles. The molecule has 0 aliphatic rings. The van der Waals surface area contributed by atoms with Gasteiger partial charge < -0.3 is 19.7 Å². The molecule has 2 aromatic carbocycles. The predicted octanol–water partition coefficient (Wildman–Crippen LogP) is 5.23. The van der Waals surface area contributed by atoms with Crippen molar-refractivity contribution < 1.29 is 29.3 Å². The van der Waals surface area contributed by atoms with Gasteiger partial charge in [-0.2, -0.15) is 0 Å². The van der Waals surface area contributed by atoms with Crippen LogP contribution in [0.3, 0.4) is 0 Å². The van der Waals surface area contributed by atoms with E-state index in [0.29, 0.717) is 35.5 Å². The van der Waals surface area contributed by atoms with Gasteiger partial charge in [0.05, 0.1) is 25.3 Å². The first kappa shape index (κ1) is 23.3. The number of methoxy groups -OCH3 is 2. The van der Waals surface area contributed by atoms with Crippen molar-refractivity contribution >= 4 is 11.9 Å². The van der Waals surface area contributed by atoms with Gasteiger partial charge >= 0.3 is 11.9 Å². The molecular weight excluding hydrogens is 384 g/mol. The number of rotatable bonds is 13. The quantitative estimate of drug-likeness (QED) is 0.436. The number of unbranched alkanes of at least 4 members (excludes halogenated alkanes) is 5. The molecule has 2 aromatic rings. The zero-order valence-corrected chi connectivity index (χ0v) is 17.6. The van der Waals surface area contributed by atoms with Crippen LogP contribution in [-0.2, 0) is 12.8 Å². The maximum Gasteiger partial charge on any atom is 0.335 e. The Kier molecular flexibility index (Phi) is 9.19. The zero-order valence-electron chi connectivity index (χ0n) is 17.6. The summed E-state index contributed by atoms with van der Waals surface area (Å²) in [5.74, 6) is -0.474. The Bertz CT molecular complexity index is 787. The van der Waals surface area contributed by atoms with E-state index in [1.807, 2.05) is 0 Å². The Balaban J connectivity index is 1.72. The van der Waals surface area contributed by atoms with Crippen molar-refractivity contribution in [1.82, 2.24) is 0 Å². The van der Waals surface area contributed by atoms with Crippen LogP contribution in [0.2, 0.25) is 0 Å². The smallest absolute Gasteiger partial charge is 0.335 e. The van der Waals surface area contributed by atoms with Gasteiger partial charge in [-0.25, -0.2) is 9.59 Å². The third-order valence-corrected chi connectivity index (χ3v) is 5.23. The Morgan fingerprint density at radius 2 is 1.03 bits per heavy atom. The minimum Gasteiger partial charge on any atom is -0.497 e. The van der Waals surface area contributed by atoms with Crippen molar-refractivity contribution in [3.63, 3.8) is 0 Å². The molecule has 0 amide bonds. The highest BCUT2D eigenvalue weighted by Crippen LogP contribution is 2.22. The summed E-state index contributed by atoms with van der Waals surface area (Å²) in [5.41, 5.74) is 2.29. The molecule has 0 unspecified atom stereocenters. The maximum absolute atomic E-state index is 11.4. The molecule has 2 rings (SSSR count). The van der Waals surface area contributed by atoms with Crippen LogP contribution < -0.4 is 9.47 Å². The average Bonchev–Trinajstić information content (AvgIpc) is 2.74. The second-order valence-corrected chi connectivity index (χ2v) is 7.28. The van der Waals surface area contributed by atoms with E-state index in [2.05, 4.69) is 0 Å². The third-order valence-electron chi connectivity index (χ3n) is 5.23. The molecule has 0 fully saturated rings. The van der Waals surface area contributed by atoms with Gasteiger partial charge in [-0.1, -0.05) is 25.7 Å². The molecule has 0 aliphatic heterocycles. The fourth-order valence-corrected chi connectivity index (χ4v) is 3.56. The van der Waals surface area contributed by atoms with Crippen LogP contribution >= 0.6 is 0 Å². The summed E-state index contributed by atoms with van der Waals surface area (Å²) in [6.45, 7) is 0. The number of aromatic carboxylic acids is 2. The van der Waals surface area contributed by atoms with E-state index in [0.717, 1.165) is 49.7 Å². The summed E-state index contributed by atoms with van der Waals surface area (Å²) in [4.78, 5) is 22.7. The van der Waals surface area contributed by atoms with Crippen LogP contribution in [0, 0.1) is 0 Å². The van der Waals surface area contributed by atoms with E-state index in [-0.39, 0.29) is 0 Å². The van der Waals surface area contributed by atoms with E-state index in [1.54, 1.807) is 50.6 Å². The van der Waals surface area contributed by atoms with Crippen molar-refractivity contribution in [3.8, 4) is 11.5 Å². The summed E-state index contributed by atoms with van der Waals surface area (Å²) in [7, 11) is 3.15. The molecule has 0 radical (unpaired) electrons. The SMILES string of the molecule is COc1ccc(C(=O)O)c(CCCCCCCCc2cc(OC)ccc2C(=O)O)c1. The minimum atomic E-state index is -0.911. The molecular formula is C24H30O6. The van der Waals surface area contributed by atoms with Crippen LogP contribution in [0.5, 0.6) is 11.5 Å². The molecule has 0 atom stereocenters. The lowest BCUT2D eigenvalue weighted by Crippen LogP contribution is -2.03. The first-order chi connectivity index (χ1) is 14.5. The van der Waals surface area contributed by atoms with Gasteiger partial charge in [-0.05, 0) is 73.2 Å². The predicted molar refractivity (Wildman–Crippen MR) is 115 cm³/mol. The minimum absolute atomic E-state index is 0.336. The highest BCUT2D eigenvalue weighted by Gasteiger charge is 2.12. The molecule has 0 aliphatic carbocycles. The maximum atomic E-state index is 11.4. The number of carbonyl (C=O) groups is 2. The molecule has 0 bridgehead atoms. The largest absolute Gasteiger partial charge is 0.497 e. The number of hydrogen-bond acceptors (Lipinski definition) is 4. The summed E-state index contributed by atoms with van der Waals surface area (Å²) in [6, 6.07) is 10.1. The van der Waals surface area contributed by atoms with Crippen LogP contribution in [0.4, 0.5) is 0 Å². The van der Waals surface area contributed by atoms with Crippen LogP contribution in [-0.4, -0.2) is 36.4 Å². The molecule has 0 heterocycles. The summed E-state index contributed by atoms with van der Waals surface area (Å²) < 4.78 is 10.4. The lowest BCUT2D eigenvalue weighted by molar-refractivity contribution is 0.0684. The number of carboxylic acid groups (broad SMARTS) is 2. The number of benzene rings is 2. The van der Waals surface area contributed by atoms with Gasteiger partial charge in [0.2, 0.25) is 0 Å². The van der Waals surface area contributed by atoms with Gasteiger partial charge in [0.25, 0.3) is 0 Å². The molecule has 6 nitrogen and oxygen atoms in total. The highest BCUT2D eigenvalue weighted by atomic mass is 16.5. The van der Waals surface area contributed by atoms with Gasteiger partial charge in [0, 0.05) is 0 Å². The molecule has 2 N–H and O–H groups in total. The van der Waals surface area contributed by atoms with E-state index in [4.69, 9.17) is 9.47 Å². The van der Waals surface area contributed by atoms with E-state index < -0.39 is 11.9 Å². The van der Waals surface area contributed by atoms with Crippen molar-refractivity contribution in [3.05, 3.63) is 58.7 Å². The second-order valence-electron chi connectivity index (χ2n) is 7.28. The van der Waals surface area contributed by atoms with Crippen molar-refractivity contribution in [2.45, 2.75) is 51.4 Å². The van der Waals surface area contributed by atoms with E-state index in [1.165, 1.54) is 0 Å². The van der Waals surface area contributed by atoms with Crippen LogP contribution in [0.15, 0.2) is 36.4 Å². The standard InChI is InChI=1S/C24H30O6/c1-29-19-11-13-21(23(25)26)17(15-19)9-7-5-3-4-6-8-10-18-16-20(30-2)12-14-22(18)24(27)28/h11-16H,3-10H2,1-2H3,(H,25,26)(H,27,28). The van der Waals surface area contributed by atoms with Crippen LogP contribution in [0.25, 0.3) is 0 Å². The normalized spacial score (nSPS) is 10.6. The molecule has 6 heteroatoms. The fraction of sp³-hybridized carbons (Fsp3) is 0.417. The Labute approximate surface area is 177 Å². The topological polar surface area (TPSA) is 93.1 Å². The molecule has 162 valence electrons. The van der Waals surface area contributed by atoms with Gasteiger partial charge in [-0.15, -0.1) is 0 Å². The summed E-state index contributed by atoms with van der Waals surface area (Å²) in [5, 5.41) is 18.6. The lowest BCUT2D eigenvalue weighted by Gasteiger charge is -2.09. The number of ether oxygens (including phenoxy) is 2. The van der Waals surface area contributed by atoms with Crippen molar-refractivity contribution in [2.24, 2.45) is 0 Å². The Hall–Kier alpha value is -3.02. The molecule has 30 heavy (non-hydrogen) atoms.